The van der Waals surface area contributed by atoms with Crippen molar-refractivity contribution in [3.05, 3.63) is 58.3 Å². The first-order valence-corrected chi connectivity index (χ1v) is 9.76. The molecule has 0 bridgehead atoms. The highest BCUT2D eigenvalue weighted by molar-refractivity contribution is 6.33. The second-order valence-electron chi connectivity index (χ2n) is 6.86. The van der Waals surface area contributed by atoms with E-state index < -0.39 is 11.9 Å². The molecule has 0 N–H and O–H groups in total. The number of halogens is 3. The van der Waals surface area contributed by atoms with Gasteiger partial charge in [0.25, 0.3) is 5.91 Å². The summed E-state index contributed by atoms with van der Waals surface area (Å²) in [4.78, 5) is 30.7. The average Bonchev–Trinajstić information content (AvgIpc) is 2.99. The zero-order valence-corrected chi connectivity index (χ0v) is 16.5. The first-order valence-electron chi connectivity index (χ1n) is 9.01. The lowest BCUT2D eigenvalue weighted by atomic mass is 10.1. The number of hydrogen-bond donors (Lipinski definition) is 0. The molecule has 2 aromatic carbocycles. The maximum Gasteiger partial charge on any atom is 0.251 e. The predicted octanol–water partition coefficient (Wildman–Crippen LogP) is 3.59. The summed E-state index contributed by atoms with van der Waals surface area (Å²) in [5.41, 5.74) is 1.28. The van der Waals surface area contributed by atoms with E-state index in [9.17, 15) is 14.0 Å². The Balaban J connectivity index is 1.46. The molecule has 0 aliphatic carbocycles. The summed E-state index contributed by atoms with van der Waals surface area (Å²) in [6, 6.07) is 11.0. The Morgan fingerprint density at radius 2 is 1.64 bits per heavy atom. The Labute approximate surface area is 172 Å². The van der Waals surface area contributed by atoms with Crippen molar-refractivity contribution in [1.82, 2.24) is 4.90 Å². The van der Waals surface area contributed by atoms with Crippen molar-refractivity contribution < 1.29 is 14.0 Å². The van der Waals surface area contributed by atoms with Crippen LogP contribution in [-0.4, -0.2) is 48.9 Å². The molecule has 2 aliphatic rings. The van der Waals surface area contributed by atoms with Crippen LogP contribution in [0.15, 0.2) is 42.5 Å². The van der Waals surface area contributed by atoms with Crippen molar-refractivity contribution in [2.24, 2.45) is 0 Å². The van der Waals surface area contributed by atoms with E-state index in [0.29, 0.717) is 36.9 Å². The number of hydrogen-bond acceptors (Lipinski definition) is 4. The van der Waals surface area contributed by atoms with Crippen molar-refractivity contribution in [2.75, 3.05) is 36.0 Å². The number of carbonyl (C=O) groups is 2. The Morgan fingerprint density at radius 1 is 0.929 bits per heavy atom. The lowest BCUT2D eigenvalue weighted by molar-refractivity contribution is -0.123. The SMILES string of the molecule is O=C1C[C@H](N2CCN(c3ccccc3Cl)CC2)C(=O)N1c1ccc(F)c(Cl)c1. The minimum absolute atomic E-state index is 0.111. The third kappa shape index (κ3) is 3.48. The third-order valence-electron chi connectivity index (χ3n) is 5.23. The maximum absolute atomic E-state index is 13.4. The van der Waals surface area contributed by atoms with Gasteiger partial charge in [0.05, 0.1) is 33.9 Å². The van der Waals surface area contributed by atoms with Gasteiger partial charge in [-0.2, -0.15) is 0 Å². The molecule has 2 fully saturated rings. The van der Waals surface area contributed by atoms with Crippen LogP contribution in [0.2, 0.25) is 10.0 Å². The fraction of sp³-hybridized carbons (Fsp3) is 0.300. The second kappa shape index (κ2) is 7.70. The standard InChI is InChI=1S/C20H18Cl2FN3O2/c21-14-3-1-2-4-17(14)24-7-9-25(10-8-24)18-12-19(27)26(20(18)28)13-5-6-16(23)15(22)11-13/h1-6,11,18H,7-10,12H2/t18-/m0/s1. The quantitative estimate of drug-likeness (QED) is 0.710. The van der Waals surface area contributed by atoms with Crippen LogP contribution in [0.3, 0.4) is 0 Å². The van der Waals surface area contributed by atoms with Crippen LogP contribution >= 0.6 is 23.2 Å². The highest BCUT2D eigenvalue weighted by Gasteiger charge is 2.43. The van der Waals surface area contributed by atoms with Gasteiger partial charge >= 0.3 is 0 Å². The summed E-state index contributed by atoms with van der Waals surface area (Å²) in [6.45, 7) is 2.72. The van der Waals surface area contributed by atoms with E-state index in [2.05, 4.69) is 4.90 Å². The Kier molecular flexibility index (Phi) is 5.27. The molecule has 0 unspecified atom stereocenters. The van der Waals surface area contributed by atoms with E-state index in [1.807, 2.05) is 29.2 Å². The molecule has 0 saturated carbocycles. The van der Waals surface area contributed by atoms with E-state index in [1.54, 1.807) is 0 Å². The van der Waals surface area contributed by atoms with Crippen LogP contribution in [0.5, 0.6) is 0 Å². The number of piperazine rings is 1. The zero-order chi connectivity index (χ0) is 19.8. The average molecular weight is 422 g/mol. The van der Waals surface area contributed by atoms with Gasteiger partial charge < -0.3 is 4.90 Å². The lowest BCUT2D eigenvalue weighted by Gasteiger charge is -2.38. The van der Waals surface area contributed by atoms with E-state index in [4.69, 9.17) is 23.2 Å². The van der Waals surface area contributed by atoms with Crippen LogP contribution in [0.25, 0.3) is 0 Å². The van der Waals surface area contributed by atoms with Gasteiger partial charge in [0.15, 0.2) is 0 Å². The number of rotatable bonds is 3. The van der Waals surface area contributed by atoms with Crippen LogP contribution in [0.4, 0.5) is 15.8 Å². The van der Waals surface area contributed by atoms with Crippen molar-refractivity contribution in [3.63, 3.8) is 0 Å². The van der Waals surface area contributed by atoms with E-state index in [-0.39, 0.29) is 23.3 Å². The molecule has 28 heavy (non-hydrogen) atoms. The van der Waals surface area contributed by atoms with E-state index in [1.165, 1.54) is 12.1 Å². The summed E-state index contributed by atoms with van der Waals surface area (Å²) < 4.78 is 13.4. The van der Waals surface area contributed by atoms with Gasteiger partial charge in [0.1, 0.15) is 5.82 Å². The number of anilines is 2. The van der Waals surface area contributed by atoms with Gasteiger partial charge in [-0.3, -0.25) is 14.5 Å². The van der Waals surface area contributed by atoms with Crippen molar-refractivity contribution in [3.8, 4) is 0 Å². The second-order valence-corrected chi connectivity index (χ2v) is 7.67. The van der Waals surface area contributed by atoms with Crippen molar-refractivity contribution in [1.29, 1.82) is 0 Å². The molecule has 4 rings (SSSR count). The van der Waals surface area contributed by atoms with Crippen molar-refractivity contribution >= 4 is 46.4 Å². The highest BCUT2D eigenvalue weighted by Crippen LogP contribution is 2.31. The van der Waals surface area contributed by atoms with Gasteiger partial charge in [0, 0.05) is 26.2 Å². The molecule has 0 aromatic heterocycles. The molecule has 2 aromatic rings. The van der Waals surface area contributed by atoms with Gasteiger partial charge in [-0.15, -0.1) is 0 Å². The number of benzene rings is 2. The summed E-state index contributed by atoms with van der Waals surface area (Å²) in [6.07, 6.45) is 0.111. The Bertz CT molecular complexity index is 931. The smallest absolute Gasteiger partial charge is 0.251 e. The molecule has 2 heterocycles. The lowest BCUT2D eigenvalue weighted by Crippen LogP contribution is -2.52. The molecule has 2 aliphatic heterocycles. The molecule has 1 atom stereocenters. The van der Waals surface area contributed by atoms with Gasteiger partial charge in [-0.1, -0.05) is 35.3 Å². The third-order valence-corrected chi connectivity index (χ3v) is 5.84. The molecule has 5 nitrogen and oxygen atoms in total. The highest BCUT2D eigenvalue weighted by atomic mass is 35.5. The molecule has 2 saturated heterocycles. The van der Waals surface area contributed by atoms with Crippen LogP contribution in [0.1, 0.15) is 6.42 Å². The molecule has 146 valence electrons. The predicted molar refractivity (Wildman–Crippen MR) is 108 cm³/mol. The topological polar surface area (TPSA) is 43.9 Å². The van der Waals surface area contributed by atoms with Crippen LogP contribution in [-0.2, 0) is 9.59 Å². The number of nitrogens with zero attached hydrogens (tertiary/aromatic N) is 3. The van der Waals surface area contributed by atoms with Crippen LogP contribution in [0, 0.1) is 5.82 Å². The molecular formula is C20H18Cl2FN3O2. The minimum atomic E-state index is -0.586. The van der Waals surface area contributed by atoms with Gasteiger partial charge in [0.2, 0.25) is 5.91 Å². The first kappa shape index (κ1) is 19.2. The van der Waals surface area contributed by atoms with Gasteiger partial charge in [-0.25, -0.2) is 9.29 Å². The molecule has 8 heteroatoms. The largest absolute Gasteiger partial charge is 0.368 e. The van der Waals surface area contributed by atoms with Crippen LogP contribution < -0.4 is 9.80 Å². The van der Waals surface area contributed by atoms with Crippen molar-refractivity contribution in [2.45, 2.75) is 12.5 Å². The molecule has 0 spiro atoms. The Hall–Kier alpha value is -2.15. The minimum Gasteiger partial charge on any atom is -0.368 e. The molecule has 2 amide bonds. The van der Waals surface area contributed by atoms with Gasteiger partial charge in [-0.05, 0) is 30.3 Å². The molecule has 0 radical (unpaired) electrons. The van der Waals surface area contributed by atoms with E-state index >= 15 is 0 Å². The number of para-hydroxylation sites is 1. The molecular weight excluding hydrogens is 404 g/mol. The summed E-state index contributed by atoms with van der Waals surface area (Å²) >= 11 is 12.1. The maximum atomic E-state index is 13.4. The number of imide groups is 1. The normalized spacial score (nSPS) is 20.9. The summed E-state index contributed by atoms with van der Waals surface area (Å²) in [5.74, 6) is -1.18. The fourth-order valence-electron chi connectivity index (χ4n) is 3.78. The monoisotopic (exact) mass is 421 g/mol. The number of amides is 2. The summed E-state index contributed by atoms with van der Waals surface area (Å²) in [5, 5.41) is 0.581. The van der Waals surface area contributed by atoms with E-state index in [0.717, 1.165) is 16.7 Å². The Morgan fingerprint density at radius 3 is 2.32 bits per heavy atom. The zero-order valence-electron chi connectivity index (χ0n) is 14.9. The first-order chi connectivity index (χ1) is 13.5. The fourth-order valence-corrected chi connectivity index (χ4v) is 4.21. The summed E-state index contributed by atoms with van der Waals surface area (Å²) in [7, 11) is 0. The number of carbonyl (C=O) groups excluding carboxylic acids is 2.